The first-order valence-electron chi connectivity index (χ1n) is 9.07. The molecule has 2 aromatic heterocycles. The molecule has 2 aromatic rings. The van der Waals surface area contributed by atoms with E-state index in [9.17, 15) is 9.59 Å². The summed E-state index contributed by atoms with van der Waals surface area (Å²) in [6, 6.07) is 1.98. The molecule has 6 heteroatoms. The minimum atomic E-state index is -0.531. The second kappa shape index (κ2) is 7.78. The monoisotopic (exact) mass is 342 g/mol. The lowest BCUT2D eigenvalue weighted by molar-refractivity contribution is -0.117. The zero-order chi connectivity index (χ0) is 17.8. The number of fused-ring (bicyclic) bond motifs is 1. The standard InChI is InChI=1S/C19H26N4O2/c1-14(2)23-13-16(15-6-7-20-12-17(15)23)18(24)19(25)21-8-11-22-9-4-3-5-10-22/h6-7,12-14H,3-5,8-11H2,1-2H3,(H,21,25). The van der Waals surface area contributed by atoms with Crippen molar-refractivity contribution >= 4 is 22.6 Å². The number of aromatic nitrogens is 2. The van der Waals surface area contributed by atoms with Crippen molar-refractivity contribution in [2.45, 2.75) is 39.2 Å². The molecule has 0 atom stereocenters. The van der Waals surface area contributed by atoms with Crippen LogP contribution in [0.2, 0.25) is 0 Å². The first-order valence-corrected chi connectivity index (χ1v) is 9.07. The number of carbonyl (C=O) groups excluding carboxylic acids is 2. The summed E-state index contributed by atoms with van der Waals surface area (Å²) in [5.41, 5.74) is 1.32. The van der Waals surface area contributed by atoms with Crippen molar-refractivity contribution in [1.29, 1.82) is 0 Å². The highest BCUT2D eigenvalue weighted by atomic mass is 16.2. The number of hydrogen-bond acceptors (Lipinski definition) is 4. The Kier molecular flexibility index (Phi) is 5.48. The van der Waals surface area contributed by atoms with Crippen molar-refractivity contribution in [3.63, 3.8) is 0 Å². The molecule has 0 radical (unpaired) electrons. The quantitative estimate of drug-likeness (QED) is 0.647. The summed E-state index contributed by atoms with van der Waals surface area (Å²) in [5.74, 6) is -1.01. The van der Waals surface area contributed by atoms with Gasteiger partial charge in [-0.15, -0.1) is 0 Å². The lowest BCUT2D eigenvalue weighted by Crippen LogP contribution is -2.39. The van der Waals surface area contributed by atoms with E-state index in [2.05, 4.69) is 15.2 Å². The summed E-state index contributed by atoms with van der Waals surface area (Å²) in [7, 11) is 0. The van der Waals surface area contributed by atoms with Crippen molar-refractivity contribution in [1.82, 2.24) is 19.8 Å². The fourth-order valence-corrected chi connectivity index (χ4v) is 3.42. The minimum Gasteiger partial charge on any atom is -0.348 e. The molecule has 3 heterocycles. The molecule has 0 aliphatic carbocycles. The van der Waals surface area contributed by atoms with E-state index in [1.54, 1.807) is 24.7 Å². The van der Waals surface area contributed by atoms with E-state index in [4.69, 9.17) is 0 Å². The van der Waals surface area contributed by atoms with Gasteiger partial charge in [0.25, 0.3) is 11.7 Å². The molecule has 0 aromatic carbocycles. The van der Waals surface area contributed by atoms with Gasteiger partial charge in [-0.1, -0.05) is 6.42 Å². The van der Waals surface area contributed by atoms with Crippen LogP contribution in [0.25, 0.3) is 10.9 Å². The second-order valence-electron chi connectivity index (χ2n) is 6.92. The number of amides is 1. The number of carbonyl (C=O) groups is 2. The lowest BCUT2D eigenvalue weighted by Gasteiger charge is -2.26. The minimum absolute atomic E-state index is 0.190. The lowest BCUT2D eigenvalue weighted by atomic mass is 10.1. The number of nitrogens with zero attached hydrogens (tertiary/aromatic N) is 3. The molecule has 1 saturated heterocycles. The summed E-state index contributed by atoms with van der Waals surface area (Å²) >= 11 is 0. The normalized spacial score (nSPS) is 15.6. The maximum absolute atomic E-state index is 12.6. The molecular weight excluding hydrogens is 316 g/mol. The number of hydrogen-bond donors (Lipinski definition) is 1. The van der Waals surface area contributed by atoms with Crippen molar-refractivity contribution < 1.29 is 9.59 Å². The molecule has 134 valence electrons. The fourth-order valence-electron chi connectivity index (χ4n) is 3.42. The van der Waals surface area contributed by atoms with Crippen molar-refractivity contribution in [2.24, 2.45) is 0 Å². The van der Waals surface area contributed by atoms with Crippen molar-refractivity contribution in [3.8, 4) is 0 Å². The maximum atomic E-state index is 12.6. The zero-order valence-corrected chi connectivity index (χ0v) is 15.0. The highest BCUT2D eigenvalue weighted by Crippen LogP contribution is 2.24. The van der Waals surface area contributed by atoms with Gasteiger partial charge < -0.3 is 14.8 Å². The van der Waals surface area contributed by atoms with E-state index < -0.39 is 11.7 Å². The van der Waals surface area contributed by atoms with Gasteiger partial charge in [-0.3, -0.25) is 14.6 Å². The van der Waals surface area contributed by atoms with Gasteiger partial charge in [-0.25, -0.2) is 0 Å². The van der Waals surface area contributed by atoms with Gasteiger partial charge >= 0.3 is 0 Å². The molecule has 0 spiro atoms. The topological polar surface area (TPSA) is 67.2 Å². The number of likely N-dealkylation sites (tertiary alicyclic amines) is 1. The summed E-state index contributed by atoms with van der Waals surface area (Å²) in [4.78, 5) is 31.4. The molecule has 1 fully saturated rings. The molecule has 1 aliphatic rings. The number of piperidine rings is 1. The Balaban J connectivity index is 1.67. The van der Waals surface area contributed by atoms with Crippen LogP contribution in [-0.4, -0.2) is 52.3 Å². The van der Waals surface area contributed by atoms with E-state index in [-0.39, 0.29) is 6.04 Å². The van der Waals surface area contributed by atoms with E-state index >= 15 is 0 Å². The van der Waals surface area contributed by atoms with Crippen LogP contribution < -0.4 is 5.32 Å². The largest absolute Gasteiger partial charge is 0.348 e. The molecule has 0 saturated carbocycles. The van der Waals surface area contributed by atoms with Crippen LogP contribution >= 0.6 is 0 Å². The Bertz CT molecular complexity index is 760. The van der Waals surface area contributed by atoms with Crippen LogP contribution in [0.3, 0.4) is 0 Å². The van der Waals surface area contributed by atoms with Crippen LogP contribution in [-0.2, 0) is 4.79 Å². The Morgan fingerprint density at radius 1 is 1.24 bits per heavy atom. The van der Waals surface area contributed by atoms with E-state index in [0.29, 0.717) is 12.1 Å². The molecule has 1 amide bonds. The molecule has 6 nitrogen and oxygen atoms in total. The van der Waals surface area contributed by atoms with Crippen molar-refractivity contribution in [3.05, 3.63) is 30.2 Å². The van der Waals surface area contributed by atoms with E-state index in [0.717, 1.165) is 30.5 Å². The van der Waals surface area contributed by atoms with Crippen LogP contribution in [0.5, 0.6) is 0 Å². The second-order valence-corrected chi connectivity index (χ2v) is 6.92. The molecule has 3 rings (SSSR count). The van der Waals surface area contributed by atoms with Gasteiger partial charge in [0, 0.05) is 36.9 Å². The Morgan fingerprint density at radius 2 is 2.00 bits per heavy atom. The highest BCUT2D eigenvalue weighted by molar-refractivity contribution is 6.45. The number of ketones is 1. The van der Waals surface area contributed by atoms with Gasteiger partial charge in [0.15, 0.2) is 0 Å². The third kappa shape index (κ3) is 3.90. The number of rotatable bonds is 6. The van der Waals surface area contributed by atoms with E-state index in [1.165, 1.54) is 19.3 Å². The SMILES string of the molecule is CC(C)n1cc(C(=O)C(=O)NCCN2CCCCC2)c2ccncc21. The van der Waals surface area contributed by atoms with Crippen LogP contribution in [0.4, 0.5) is 0 Å². The summed E-state index contributed by atoms with van der Waals surface area (Å²) in [5, 5.41) is 3.55. The maximum Gasteiger partial charge on any atom is 0.292 e. The first kappa shape index (κ1) is 17.6. The molecular formula is C19H26N4O2. The predicted molar refractivity (Wildman–Crippen MR) is 97.7 cm³/mol. The smallest absolute Gasteiger partial charge is 0.292 e. The first-order chi connectivity index (χ1) is 12.1. The van der Waals surface area contributed by atoms with E-state index in [1.807, 2.05) is 18.4 Å². The van der Waals surface area contributed by atoms with Crippen LogP contribution in [0.1, 0.15) is 49.5 Å². The fraction of sp³-hybridized carbons (Fsp3) is 0.526. The van der Waals surface area contributed by atoms with Crippen LogP contribution in [0.15, 0.2) is 24.7 Å². The van der Waals surface area contributed by atoms with Gasteiger partial charge in [0.2, 0.25) is 0 Å². The number of Topliss-reactive ketones (excluding diaryl/α,β-unsaturated/α-hetero) is 1. The number of nitrogens with one attached hydrogen (secondary N) is 1. The van der Waals surface area contributed by atoms with Gasteiger partial charge in [-0.2, -0.15) is 0 Å². The highest BCUT2D eigenvalue weighted by Gasteiger charge is 2.22. The summed E-state index contributed by atoms with van der Waals surface area (Å²) in [6.45, 7) is 7.56. The van der Waals surface area contributed by atoms with Gasteiger partial charge in [0.05, 0.1) is 17.3 Å². The third-order valence-corrected chi connectivity index (χ3v) is 4.81. The molecule has 1 N–H and O–H groups in total. The van der Waals surface area contributed by atoms with Crippen LogP contribution in [0, 0.1) is 0 Å². The average molecular weight is 342 g/mol. The molecule has 1 aliphatic heterocycles. The van der Waals surface area contributed by atoms with Crippen molar-refractivity contribution in [2.75, 3.05) is 26.2 Å². The van der Waals surface area contributed by atoms with Gasteiger partial charge in [0.1, 0.15) is 0 Å². The number of pyridine rings is 1. The third-order valence-electron chi connectivity index (χ3n) is 4.81. The Hall–Kier alpha value is -2.21. The molecule has 0 bridgehead atoms. The zero-order valence-electron chi connectivity index (χ0n) is 15.0. The van der Waals surface area contributed by atoms with Gasteiger partial charge in [-0.05, 0) is 45.8 Å². The molecule has 25 heavy (non-hydrogen) atoms. The summed E-state index contributed by atoms with van der Waals surface area (Å²) in [6.07, 6.45) is 8.88. The summed E-state index contributed by atoms with van der Waals surface area (Å²) < 4.78 is 1.98. The Morgan fingerprint density at radius 3 is 2.72 bits per heavy atom. The average Bonchev–Trinajstić information content (AvgIpc) is 3.02. The predicted octanol–water partition coefficient (Wildman–Crippen LogP) is 2.40. The molecule has 0 unspecified atom stereocenters. The Labute approximate surface area is 148 Å².